The van der Waals surface area contributed by atoms with Crippen LogP contribution in [0.1, 0.15) is 20.3 Å². The molecule has 17 heavy (non-hydrogen) atoms. The number of hydrogen-bond acceptors (Lipinski definition) is 5. The van der Waals surface area contributed by atoms with E-state index in [1.807, 2.05) is 6.92 Å². The van der Waals surface area contributed by atoms with E-state index in [0.717, 1.165) is 5.75 Å². The molecule has 1 heterocycles. The fourth-order valence-corrected chi connectivity index (χ4v) is 4.66. The fraction of sp³-hybridized carbons (Fsp3) is 0.900. The van der Waals surface area contributed by atoms with Crippen LogP contribution >= 0.6 is 11.8 Å². The molecule has 1 saturated heterocycles. The van der Waals surface area contributed by atoms with Crippen molar-refractivity contribution in [2.24, 2.45) is 5.73 Å². The van der Waals surface area contributed by atoms with Gasteiger partial charge in [0.1, 0.15) is 0 Å². The zero-order chi connectivity index (χ0) is 13.1. The lowest BCUT2D eigenvalue weighted by Gasteiger charge is -2.23. The van der Waals surface area contributed by atoms with E-state index in [1.54, 1.807) is 6.92 Å². The highest BCUT2D eigenvalue weighted by Crippen LogP contribution is 2.22. The monoisotopic (exact) mass is 280 g/mol. The molecule has 1 aliphatic rings. The minimum Gasteiger partial charge on any atom is -0.349 e. The van der Waals surface area contributed by atoms with Crippen molar-refractivity contribution in [3.05, 3.63) is 0 Å². The molecule has 1 fully saturated rings. The van der Waals surface area contributed by atoms with E-state index in [1.165, 1.54) is 11.8 Å². The van der Waals surface area contributed by atoms with E-state index in [4.69, 9.17) is 5.73 Å². The Morgan fingerprint density at radius 3 is 2.71 bits per heavy atom. The third kappa shape index (κ3) is 5.27. The van der Waals surface area contributed by atoms with Crippen LogP contribution in [0.5, 0.6) is 0 Å². The Morgan fingerprint density at radius 1 is 1.59 bits per heavy atom. The van der Waals surface area contributed by atoms with Crippen molar-refractivity contribution in [3.8, 4) is 0 Å². The normalized spacial score (nSPS) is 28.9. The predicted octanol–water partition coefficient (Wildman–Crippen LogP) is -0.240. The van der Waals surface area contributed by atoms with Crippen molar-refractivity contribution < 1.29 is 13.2 Å². The molecule has 1 aliphatic heterocycles. The molecule has 3 N–H and O–H groups in total. The number of nitrogens with one attached hydrogen (secondary N) is 1. The van der Waals surface area contributed by atoms with Crippen LogP contribution in [-0.4, -0.2) is 48.9 Å². The predicted molar refractivity (Wildman–Crippen MR) is 70.8 cm³/mol. The molecule has 0 aromatic carbocycles. The molecule has 0 aromatic rings. The summed E-state index contributed by atoms with van der Waals surface area (Å²) in [5.74, 6) is 1.15. The van der Waals surface area contributed by atoms with E-state index in [-0.39, 0.29) is 23.5 Å². The summed E-state index contributed by atoms with van der Waals surface area (Å²) in [6, 6.07) is 0.0650. The summed E-state index contributed by atoms with van der Waals surface area (Å²) in [4.78, 5) is 11.6. The van der Waals surface area contributed by atoms with Crippen molar-refractivity contribution in [1.82, 2.24) is 5.32 Å². The highest BCUT2D eigenvalue weighted by atomic mass is 32.2. The minimum absolute atomic E-state index is 0.0453. The Kier molecular flexibility index (Phi) is 4.86. The first kappa shape index (κ1) is 14.8. The third-order valence-electron chi connectivity index (χ3n) is 2.56. The molecule has 7 heteroatoms. The lowest BCUT2D eigenvalue weighted by molar-refractivity contribution is -0.120. The second kappa shape index (κ2) is 5.58. The second-order valence-corrected chi connectivity index (χ2v) is 8.16. The van der Waals surface area contributed by atoms with Gasteiger partial charge in [0.25, 0.3) is 0 Å². The maximum atomic E-state index is 11.6. The number of nitrogens with two attached hydrogens (primary N) is 1. The van der Waals surface area contributed by atoms with Gasteiger partial charge in [-0.15, -0.1) is 0 Å². The van der Waals surface area contributed by atoms with Crippen molar-refractivity contribution in [2.75, 3.05) is 23.0 Å². The van der Waals surface area contributed by atoms with E-state index in [0.29, 0.717) is 12.2 Å². The molecule has 2 atom stereocenters. The maximum absolute atomic E-state index is 11.6. The van der Waals surface area contributed by atoms with Crippen LogP contribution in [-0.2, 0) is 14.6 Å². The SMILES string of the molecule is CC(N)CSCC(=O)NC1(C)CCS(=O)(=O)C1. The van der Waals surface area contributed by atoms with E-state index in [9.17, 15) is 13.2 Å². The average molecular weight is 280 g/mol. The second-order valence-electron chi connectivity index (χ2n) is 4.94. The molecular weight excluding hydrogens is 260 g/mol. The lowest BCUT2D eigenvalue weighted by Crippen LogP contribution is -2.47. The Hall–Kier alpha value is -0.270. The van der Waals surface area contributed by atoms with Gasteiger partial charge in [-0.05, 0) is 20.3 Å². The van der Waals surface area contributed by atoms with Crippen LogP contribution in [0.25, 0.3) is 0 Å². The zero-order valence-electron chi connectivity index (χ0n) is 10.2. The molecule has 0 spiro atoms. The standard InChI is InChI=1S/C10H20N2O3S2/c1-8(11)5-16-6-9(13)12-10(2)3-4-17(14,15)7-10/h8H,3-7,11H2,1-2H3,(H,12,13). The van der Waals surface area contributed by atoms with Gasteiger partial charge in [-0.25, -0.2) is 8.42 Å². The number of thioether (sulfide) groups is 1. The summed E-state index contributed by atoms with van der Waals surface area (Å²) in [7, 11) is -2.98. The molecule has 5 nitrogen and oxygen atoms in total. The first-order chi connectivity index (χ1) is 7.72. The zero-order valence-corrected chi connectivity index (χ0v) is 11.9. The van der Waals surface area contributed by atoms with Crippen molar-refractivity contribution in [1.29, 1.82) is 0 Å². The lowest BCUT2D eigenvalue weighted by atomic mass is 10.0. The van der Waals surface area contributed by atoms with Gasteiger partial charge in [-0.1, -0.05) is 0 Å². The van der Waals surface area contributed by atoms with Crippen molar-refractivity contribution >= 4 is 27.5 Å². The topological polar surface area (TPSA) is 89.3 Å². The van der Waals surface area contributed by atoms with Gasteiger partial charge >= 0.3 is 0 Å². The first-order valence-electron chi connectivity index (χ1n) is 5.57. The number of sulfone groups is 1. The van der Waals surface area contributed by atoms with E-state index < -0.39 is 15.4 Å². The third-order valence-corrected chi connectivity index (χ3v) is 5.69. The quantitative estimate of drug-likeness (QED) is 0.725. The van der Waals surface area contributed by atoms with E-state index in [2.05, 4.69) is 5.32 Å². The van der Waals surface area contributed by atoms with Crippen molar-refractivity contribution in [2.45, 2.75) is 31.8 Å². The number of rotatable bonds is 5. The summed E-state index contributed by atoms with van der Waals surface area (Å²) in [5, 5.41) is 2.80. The number of carbonyl (C=O) groups excluding carboxylic acids is 1. The molecule has 2 unspecified atom stereocenters. The Balaban J connectivity index is 2.36. The van der Waals surface area contributed by atoms with Crippen LogP contribution in [0.3, 0.4) is 0 Å². The molecule has 0 bridgehead atoms. The van der Waals surface area contributed by atoms with Gasteiger partial charge < -0.3 is 11.1 Å². The van der Waals surface area contributed by atoms with Gasteiger partial charge in [0.05, 0.1) is 22.8 Å². The Bertz CT molecular complexity index is 381. The first-order valence-corrected chi connectivity index (χ1v) is 8.55. The van der Waals surface area contributed by atoms with Gasteiger partial charge in [0.15, 0.2) is 9.84 Å². The molecule has 1 amide bonds. The Labute approximate surface area is 107 Å². The molecule has 0 radical (unpaired) electrons. The summed E-state index contributed by atoms with van der Waals surface area (Å²) in [5.41, 5.74) is 4.98. The smallest absolute Gasteiger partial charge is 0.230 e. The van der Waals surface area contributed by atoms with Crippen molar-refractivity contribution in [3.63, 3.8) is 0 Å². The van der Waals surface area contributed by atoms with Gasteiger partial charge in [-0.3, -0.25) is 4.79 Å². The molecule has 100 valence electrons. The minimum atomic E-state index is -2.98. The van der Waals surface area contributed by atoms with E-state index >= 15 is 0 Å². The largest absolute Gasteiger partial charge is 0.349 e. The number of amides is 1. The van der Waals surface area contributed by atoms with Crippen LogP contribution in [0.15, 0.2) is 0 Å². The molecule has 0 aliphatic carbocycles. The highest BCUT2D eigenvalue weighted by Gasteiger charge is 2.39. The molecule has 0 saturated carbocycles. The van der Waals surface area contributed by atoms with Crippen LogP contribution < -0.4 is 11.1 Å². The van der Waals surface area contributed by atoms with Crippen LogP contribution in [0.2, 0.25) is 0 Å². The van der Waals surface area contributed by atoms with Gasteiger partial charge in [0.2, 0.25) is 5.91 Å². The van der Waals surface area contributed by atoms with Crippen LogP contribution in [0, 0.1) is 0 Å². The highest BCUT2D eigenvalue weighted by molar-refractivity contribution is 8.00. The van der Waals surface area contributed by atoms with Crippen LogP contribution in [0.4, 0.5) is 0 Å². The average Bonchev–Trinajstić information content (AvgIpc) is 2.39. The molecular formula is C10H20N2O3S2. The summed E-state index contributed by atoms with van der Waals surface area (Å²) in [6.07, 6.45) is 0.499. The van der Waals surface area contributed by atoms with Gasteiger partial charge in [0, 0.05) is 11.8 Å². The summed E-state index contributed by atoms with van der Waals surface area (Å²) >= 11 is 1.46. The summed E-state index contributed by atoms with van der Waals surface area (Å²) < 4.78 is 22.7. The molecule has 0 aromatic heterocycles. The van der Waals surface area contributed by atoms with Gasteiger partial charge in [-0.2, -0.15) is 11.8 Å². The molecule has 1 rings (SSSR count). The maximum Gasteiger partial charge on any atom is 0.230 e. The summed E-state index contributed by atoms with van der Waals surface area (Å²) in [6.45, 7) is 3.67. The fourth-order valence-electron chi connectivity index (χ4n) is 1.82. The number of hydrogen-bond donors (Lipinski definition) is 2. The Morgan fingerprint density at radius 2 is 2.24 bits per heavy atom. The number of carbonyl (C=O) groups is 1.